The molecule has 0 saturated heterocycles. The fraction of sp³-hybridized carbons (Fsp3) is 0.267. The van der Waals surface area contributed by atoms with Gasteiger partial charge in [-0.25, -0.2) is 8.78 Å². The maximum absolute atomic E-state index is 14.3. The van der Waals surface area contributed by atoms with E-state index in [2.05, 4.69) is 26.2 Å². The number of aromatic nitrogens is 1. The lowest BCUT2D eigenvalue weighted by Gasteiger charge is -2.22. The molecule has 2 aromatic rings. The molecule has 1 heterocycles. The summed E-state index contributed by atoms with van der Waals surface area (Å²) in [5, 5.41) is 3.12. The van der Waals surface area contributed by atoms with Crippen LogP contribution in [0.5, 0.6) is 0 Å². The molecule has 2 nitrogen and oxygen atoms in total. The van der Waals surface area contributed by atoms with Crippen LogP contribution in [0, 0.1) is 18.6 Å². The fourth-order valence-electron chi connectivity index (χ4n) is 2.16. The van der Waals surface area contributed by atoms with Gasteiger partial charge in [-0.15, -0.1) is 0 Å². The third-order valence-electron chi connectivity index (χ3n) is 3.17. The zero-order chi connectivity index (χ0) is 14.7. The van der Waals surface area contributed by atoms with Crippen molar-refractivity contribution in [2.45, 2.75) is 19.9 Å². The van der Waals surface area contributed by atoms with Gasteiger partial charge >= 0.3 is 0 Å². The zero-order valence-electron chi connectivity index (χ0n) is 11.3. The van der Waals surface area contributed by atoms with E-state index >= 15 is 0 Å². The lowest BCUT2D eigenvalue weighted by molar-refractivity contribution is 0.506. The molecular formula is C15H15BrF2N2. The van der Waals surface area contributed by atoms with Crippen LogP contribution in [0.2, 0.25) is 0 Å². The van der Waals surface area contributed by atoms with Crippen molar-refractivity contribution in [2.75, 3.05) is 6.54 Å². The summed E-state index contributed by atoms with van der Waals surface area (Å²) in [6.45, 7) is 4.38. The van der Waals surface area contributed by atoms with E-state index in [0.29, 0.717) is 6.54 Å². The molecule has 0 fully saturated rings. The van der Waals surface area contributed by atoms with Crippen LogP contribution >= 0.6 is 15.9 Å². The van der Waals surface area contributed by atoms with Gasteiger partial charge in [0.1, 0.15) is 11.6 Å². The van der Waals surface area contributed by atoms with E-state index in [9.17, 15) is 8.78 Å². The smallest absolute Gasteiger partial charge is 0.145 e. The number of aryl methyl sites for hydroxylation is 1. The minimum atomic E-state index is -0.584. The van der Waals surface area contributed by atoms with E-state index in [1.54, 1.807) is 12.4 Å². The first-order valence-electron chi connectivity index (χ1n) is 6.33. The molecule has 0 spiro atoms. The molecule has 1 atom stereocenters. The standard InChI is InChI=1S/C15H15BrF2N2/c1-3-20-15(10-8-19-7-6-9(10)2)13-12(17)5-4-11(16)14(13)18/h4-8,15,20H,3H2,1-2H3. The molecule has 20 heavy (non-hydrogen) atoms. The van der Waals surface area contributed by atoms with Crippen molar-refractivity contribution in [1.29, 1.82) is 0 Å². The molecule has 1 unspecified atom stereocenters. The van der Waals surface area contributed by atoms with Crippen molar-refractivity contribution in [2.24, 2.45) is 0 Å². The number of nitrogens with one attached hydrogen (secondary N) is 1. The Morgan fingerprint density at radius 2 is 2.05 bits per heavy atom. The zero-order valence-corrected chi connectivity index (χ0v) is 12.8. The Kier molecular flexibility index (Phi) is 4.83. The fourth-order valence-corrected chi connectivity index (χ4v) is 2.50. The lowest BCUT2D eigenvalue weighted by Crippen LogP contribution is -2.25. The summed E-state index contributed by atoms with van der Waals surface area (Å²) in [7, 11) is 0. The monoisotopic (exact) mass is 340 g/mol. The van der Waals surface area contributed by atoms with E-state index in [1.165, 1.54) is 12.1 Å². The predicted molar refractivity (Wildman–Crippen MR) is 78.6 cm³/mol. The normalized spacial score (nSPS) is 12.4. The number of rotatable bonds is 4. The molecule has 0 aliphatic rings. The van der Waals surface area contributed by atoms with Crippen LogP contribution in [0.3, 0.4) is 0 Å². The van der Waals surface area contributed by atoms with Crippen molar-refractivity contribution >= 4 is 15.9 Å². The summed E-state index contributed by atoms with van der Waals surface area (Å²) in [5.41, 5.74) is 1.72. The van der Waals surface area contributed by atoms with E-state index in [4.69, 9.17) is 0 Å². The van der Waals surface area contributed by atoms with Crippen molar-refractivity contribution in [3.05, 3.63) is 63.4 Å². The van der Waals surface area contributed by atoms with Crippen LogP contribution in [0.1, 0.15) is 29.7 Å². The van der Waals surface area contributed by atoms with Crippen LogP contribution in [-0.4, -0.2) is 11.5 Å². The highest BCUT2D eigenvalue weighted by Gasteiger charge is 2.24. The van der Waals surface area contributed by atoms with Crippen LogP contribution in [-0.2, 0) is 0 Å². The van der Waals surface area contributed by atoms with Gasteiger partial charge in [0.15, 0.2) is 0 Å². The van der Waals surface area contributed by atoms with Gasteiger partial charge in [-0.2, -0.15) is 0 Å². The largest absolute Gasteiger partial charge is 0.306 e. The molecule has 0 aliphatic heterocycles. The predicted octanol–water partition coefficient (Wildman–Crippen LogP) is 4.13. The quantitative estimate of drug-likeness (QED) is 0.846. The van der Waals surface area contributed by atoms with E-state index in [0.717, 1.165) is 11.1 Å². The molecule has 0 amide bonds. The van der Waals surface area contributed by atoms with E-state index in [1.807, 2.05) is 19.9 Å². The number of halogens is 3. The van der Waals surface area contributed by atoms with Gasteiger partial charge in [0.2, 0.25) is 0 Å². The molecular weight excluding hydrogens is 326 g/mol. The molecule has 5 heteroatoms. The lowest BCUT2D eigenvalue weighted by atomic mass is 9.95. The number of pyridine rings is 1. The SMILES string of the molecule is CCNC(c1cnccc1C)c1c(F)ccc(Br)c1F. The second-order valence-corrected chi connectivity index (χ2v) is 5.33. The van der Waals surface area contributed by atoms with Crippen molar-refractivity contribution in [1.82, 2.24) is 10.3 Å². The topological polar surface area (TPSA) is 24.9 Å². The van der Waals surface area contributed by atoms with Crippen molar-refractivity contribution in [3.63, 3.8) is 0 Å². The van der Waals surface area contributed by atoms with Gasteiger partial charge in [-0.1, -0.05) is 6.92 Å². The summed E-state index contributed by atoms with van der Waals surface area (Å²) < 4.78 is 28.7. The van der Waals surface area contributed by atoms with Crippen LogP contribution in [0.25, 0.3) is 0 Å². The van der Waals surface area contributed by atoms with Gasteiger partial charge in [0.05, 0.1) is 10.5 Å². The molecule has 0 aliphatic carbocycles. The molecule has 2 rings (SSSR count). The van der Waals surface area contributed by atoms with Crippen LogP contribution in [0.4, 0.5) is 8.78 Å². The molecule has 1 N–H and O–H groups in total. The minimum absolute atomic E-state index is 0.0114. The highest BCUT2D eigenvalue weighted by Crippen LogP contribution is 2.31. The summed E-state index contributed by atoms with van der Waals surface area (Å²) in [5.74, 6) is -1.15. The van der Waals surface area contributed by atoms with E-state index < -0.39 is 17.7 Å². The average molecular weight is 341 g/mol. The Balaban J connectivity index is 2.61. The molecule has 1 aromatic heterocycles. The van der Waals surface area contributed by atoms with Crippen LogP contribution < -0.4 is 5.32 Å². The number of benzene rings is 1. The van der Waals surface area contributed by atoms with Gasteiger partial charge in [-0.3, -0.25) is 4.98 Å². The summed E-state index contributed by atoms with van der Waals surface area (Å²) in [6.07, 6.45) is 3.30. The van der Waals surface area contributed by atoms with Crippen molar-refractivity contribution in [3.8, 4) is 0 Å². The molecule has 0 bridgehead atoms. The van der Waals surface area contributed by atoms with Crippen molar-refractivity contribution < 1.29 is 8.78 Å². The van der Waals surface area contributed by atoms with Gasteiger partial charge in [0, 0.05) is 18.0 Å². The molecule has 0 saturated carbocycles. The Labute approximate surface area is 125 Å². The van der Waals surface area contributed by atoms with Gasteiger partial charge in [-0.05, 0) is 58.7 Å². The average Bonchev–Trinajstić information content (AvgIpc) is 2.43. The Bertz CT molecular complexity index is 617. The highest BCUT2D eigenvalue weighted by atomic mass is 79.9. The van der Waals surface area contributed by atoms with Gasteiger partial charge in [0.25, 0.3) is 0 Å². The molecule has 0 radical (unpaired) electrons. The minimum Gasteiger partial charge on any atom is -0.306 e. The second-order valence-electron chi connectivity index (χ2n) is 4.48. The maximum Gasteiger partial charge on any atom is 0.145 e. The summed E-state index contributed by atoms with van der Waals surface area (Å²) in [6, 6.07) is 3.89. The third kappa shape index (κ3) is 2.88. The number of nitrogens with zero attached hydrogens (tertiary/aromatic N) is 1. The molecule has 1 aromatic carbocycles. The highest BCUT2D eigenvalue weighted by molar-refractivity contribution is 9.10. The first-order valence-corrected chi connectivity index (χ1v) is 7.12. The van der Waals surface area contributed by atoms with E-state index in [-0.39, 0.29) is 10.0 Å². The first kappa shape index (κ1) is 15.1. The van der Waals surface area contributed by atoms with Crippen LogP contribution in [0.15, 0.2) is 35.1 Å². The first-order chi connectivity index (χ1) is 9.56. The Morgan fingerprint density at radius 1 is 1.30 bits per heavy atom. The summed E-state index contributed by atoms with van der Waals surface area (Å²) in [4.78, 5) is 4.06. The Morgan fingerprint density at radius 3 is 2.70 bits per heavy atom. The summed E-state index contributed by atoms with van der Waals surface area (Å²) >= 11 is 3.11. The number of hydrogen-bond acceptors (Lipinski definition) is 2. The van der Waals surface area contributed by atoms with Gasteiger partial charge < -0.3 is 5.32 Å². The second kappa shape index (κ2) is 6.41. The molecule has 106 valence electrons. The maximum atomic E-state index is 14.3. The number of hydrogen-bond donors (Lipinski definition) is 1. The third-order valence-corrected chi connectivity index (χ3v) is 3.78. The Hall–Kier alpha value is -1.33.